The smallest absolute Gasteiger partial charge is 0.120 e. The minimum Gasteiger partial charge on any atom is -0.497 e. The van der Waals surface area contributed by atoms with Gasteiger partial charge in [0.1, 0.15) is 5.75 Å². The van der Waals surface area contributed by atoms with E-state index >= 15 is 0 Å². The molecule has 1 aromatic carbocycles. The first-order valence-corrected chi connectivity index (χ1v) is 5.56. The lowest BCUT2D eigenvalue weighted by Crippen LogP contribution is -1.79. The minimum atomic E-state index is 0.918. The fourth-order valence-electron chi connectivity index (χ4n) is 1.29. The highest BCUT2D eigenvalue weighted by molar-refractivity contribution is 9.10. The molecular weight excluding hydrogens is 248 g/mol. The summed E-state index contributed by atoms with van der Waals surface area (Å²) in [4.78, 5) is 1.31. The van der Waals surface area contributed by atoms with Crippen LogP contribution in [0.15, 0.2) is 22.7 Å². The van der Waals surface area contributed by atoms with Gasteiger partial charge in [-0.15, -0.1) is 11.3 Å². The Labute approximate surface area is 89.5 Å². The Morgan fingerprint density at radius 1 is 1.38 bits per heavy atom. The van der Waals surface area contributed by atoms with E-state index in [0.29, 0.717) is 0 Å². The summed E-state index contributed by atoms with van der Waals surface area (Å²) in [5.74, 6) is 0.918. The van der Waals surface area contributed by atoms with Gasteiger partial charge in [-0.25, -0.2) is 0 Å². The molecule has 0 radical (unpaired) electrons. The SMILES string of the molecule is COc1ccc2c(Br)c(C)sc2c1. The van der Waals surface area contributed by atoms with Gasteiger partial charge >= 0.3 is 0 Å². The van der Waals surface area contributed by atoms with Gasteiger partial charge in [0.15, 0.2) is 0 Å². The van der Waals surface area contributed by atoms with Crippen molar-refractivity contribution in [2.75, 3.05) is 7.11 Å². The lowest BCUT2D eigenvalue weighted by Gasteiger charge is -1.97. The summed E-state index contributed by atoms with van der Waals surface area (Å²) in [5.41, 5.74) is 0. The zero-order valence-corrected chi connectivity index (χ0v) is 9.83. The van der Waals surface area contributed by atoms with Crippen LogP contribution >= 0.6 is 27.3 Å². The zero-order chi connectivity index (χ0) is 9.42. The molecule has 2 aromatic rings. The van der Waals surface area contributed by atoms with Crippen LogP contribution in [-0.2, 0) is 0 Å². The second-order valence-corrected chi connectivity index (χ2v) is 4.88. The standard InChI is InChI=1S/C10H9BrOS/c1-6-10(11)8-4-3-7(12-2)5-9(8)13-6/h3-5H,1-2H3. The van der Waals surface area contributed by atoms with Gasteiger partial charge in [-0.3, -0.25) is 0 Å². The molecule has 2 rings (SSSR count). The molecule has 13 heavy (non-hydrogen) atoms. The largest absolute Gasteiger partial charge is 0.497 e. The molecule has 1 nitrogen and oxygen atoms in total. The van der Waals surface area contributed by atoms with Crippen molar-refractivity contribution < 1.29 is 4.74 Å². The molecule has 0 unspecified atom stereocenters. The van der Waals surface area contributed by atoms with Gasteiger partial charge < -0.3 is 4.74 Å². The number of halogens is 1. The molecular formula is C10H9BrOS. The fraction of sp³-hybridized carbons (Fsp3) is 0.200. The van der Waals surface area contributed by atoms with Gasteiger partial charge in [-0.2, -0.15) is 0 Å². The van der Waals surface area contributed by atoms with Crippen LogP contribution in [0.1, 0.15) is 4.88 Å². The van der Waals surface area contributed by atoms with E-state index in [0.717, 1.165) is 5.75 Å². The number of methoxy groups -OCH3 is 1. The molecule has 0 bridgehead atoms. The molecule has 0 aliphatic carbocycles. The average molecular weight is 257 g/mol. The Kier molecular flexibility index (Phi) is 2.30. The first-order valence-electron chi connectivity index (χ1n) is 3.95. The molecule has 3 heteroatoms. The number of thiophene rings is 1. The number of benzene rings is 1. The molecule has 0 atom stereocenters. The van der Waals surface area contributed by atoms with Crippen molar-refractivity contribution in [3.8, 4) is 5.75 Å². The van der Waals surface area contributed by atoms with Crippen LogP contribution in [0, 0.1) is 6.92 Å². The molecule has 0 aliphatic heterocycles. The summed E-state index contributed by atoms with van der Waals surface area (Å²) in [5, 5.41) is 1.27. The van der Waals surface area contributed by atoms with E-state index in [1.54, 1.807) is 18.4 Å². The van der Waals surface area contributed by atoms with Crippen molar-refractivity contribution in [1.29, 1.82) is 0 Å². The van der Waals surface area contributed by atoms with E-state index < -0.39 is 0 Å². The first kappa shape index (κ1) is 9.03. The second-order valence-electron chi connectivity index (χ2n) is 2.83. The molecule has 68 valence electrons. The van der Waals surface area contributed by atoms with Crippen LogP contribution in [0.2, 0.25) is 0 Å². The van der Waals surface area contributed by atoms with Crippen molar-refractivity contribution in [3.63, 3.8) is 0 Å². The maximum Gasteiger partial charge on any atom is 0.120 e. The van der Waals surface area contributed by atoms with Crippen LogP contribution in [-0.4, -0.2) is 7.11 Å². The molecule has 0 amide bonds. The van der Waals surface area contributed by atoms with E-state index in [4.69, 9.17) is 4.74 Å². The van der Waals surface area contributed by atoms with E-state index in [2.05, 4.69) is 35.0 Å². The van der Waals surface area contributed by atoms with Crippen molar-refractivity contribution >= 4 is 37.4 Å². The van der Waals surface area contributed by atoms with Crippen molar-refractivity contribution in [1.82, 2.24) is 0 Å². The molecule has 0 fully saturated rings. The Morgan fingerprint density at radius 3 is 2.85 bits per heavy atom. The maximum absolute atomic E-state index is 5.16. The van der Waals surface area contributed by atoms with Gasteiger partial charge in [0.05, 0.1) is 7.11 Å². The number of fused-ring (bicyclic) bond motifs is 1. The number of rotatable bonds is 1. The number of aryl methyl sites for hydroxylation is 1. The van der Waals surface area contributed by atoms with E-state index in [9.17, 15) is 0 Å². The van der Waals surface area contributed by atoms with Crippen LogP contribution in [0.3, 0.4) is 0 Å². The van der Waals surface area contributed by atoms with Crippen LogP contribution in [0.5, 0.6) is 5.75 Å². The molecule has 1 aromatic heterocycles. The third-order valence-electron chi connectivity index (χ3n) is 2.00. The number of hydrogen-bond donors (Lipinski definition) is 0. The quantitative estimate of drug-likeness (QED) is 0.750. The Hall–Kier alpha value is -0.540. The molecule has 1 heterocycles. The minimum absolute atomic E-state index is 0.918. The molecule has 0 aliphatic rings. The van der Waals surface area contributed by atoms with E-state index in [-0.39, 0.29) is 0 Å². The first-order chi connectivity index (χ1) is 6.22. The summed E-state index contributed by atoms with van der Waals surface area (Å²) < 4.78 is 7.63. The van der Waals surface area contributed by atoms with E-state index in [1.807, 2.05) is 6.07 Å². The van der Waals surface area contributed by atoms with Crippen molar-refractivity contribution in [2.45, 2.75) is 6.92 Å². The van der Waals surface area contributed by atoms with Gasteiger partial charge in [0.25, 0.3) is 0 Å². The predicted molar refractivity (Wildman–Crippen MR) is 60.8 cm³/mol. The summed E-state index contributed by atoms with van der Waals surface area (Å²) in [6.45, 7) is 2.11. The lowest BCUT2D eigenvalue weighted by molar-refractivity contribution is 0.415. The highest BCUT2D eigenvalue weighted by atomic mass is 79.9. The van der Waals surface area contributed by atoms with Crippen molar-refractivity contribution in [3.05, 3.63) is 27.5 Å². The lowest BCUT2D eigenvalue weighted by atomic mass is 10.2. The molecule has 0 saturated carbocycles. The summed E-state index contributed by atoms with van der Waals surface area (Å²) in [6.07, 6.45) is 0. The van der Waals surface area contributed by atoms with Gasteiger partial charge in [-0.05, 0) is 41.1 Å². The fourth-order valence-corrected chi connectivity index (χ4v) is 3.00. The summed E-state index contributed by atoms with van der Waals surface area (Å²) in [7, 11) is 1.69. The summed E-state index contributed by atoms with van der Waals surface area (Å²) >= 11 is 5.35. The Morgan fingerprint density at radius 2 is 2.15 bits per heavy atom. The van der Waals surface area contributed by atoms with Gasteiger partial charge in [-0.1, -0.05) is 0 Å². The highest BCUT2D eigenvalue weighted by Crippen LogP contribution is 2.36. The molecule has 0 saturated heterocycles. The normalized spacial score (nSPS) is 10.7. The Balaban J connectivity index is 2.73. The topological polar surface area (TPSA) is 9.23 Å². The Bertz CT molecular complexity index is 447. The third kappa shape index (κ3) is 1.46. The predicted octanol–water partition coefficient (Wildman–Crippen LogP) is 3.98. The third-order valence-corrected chi connectivity index (χ3v) is 4.35. The molecule has 0 N–H and O–H groups in total. The summed E-state index contributed by atoms with van der Waals surface area (Å²) in [6, 6.07) is 6.14. The van der Waals surface area contributed by atoms with E-state index in [1.165, 1.54) is 19.4 Å². The van der Waals surface area contributed by atoms with Gasteiger partial charge in [0.2, 0.25) is 0 Å². The van der Waals surface area contributed by atoms with Crippen LogP contribution in [0.4, 0.5) is 0 Å². The van der Waals surface area contributed by atoms with Crippen LogP contribution in [0.25, 0.3) is 10.1 Å². The maximum atomic E-state index is 5.16. The number of ether oxygens (including phenoxy) is 1. The second kappa shape index (κ2) is 3.31. The van der Waals surface area contributed by atoms with Crippen molar-refractivity contribution in [2.24, 2.45) is 0 Å². The highest BCUT2D eigenvalue weighted by Gasteiger charge is 2.06. The number of hydrogen-bond acceptors (Lipinski definition) is 2. The zero-order valence-electron chi connectivity index (χ0n) is 7.43. The average Bonchev–Trinajstić information content (AvgIpc) is 2.42. The van der Waals surface area contributed by atoms with Gasteiger partial charge in [0, 0.05) is 19.4 Å². The van der Waals surface area contributed by atoms with Crippen LogP contribution < -0.4 is 4.74 Å². The monoisotopic (exact) mass is 256 g/mol. The molecule has 0 spiro atoms.